The number of aromatic nitrogens is 2. The van der Waals surface area contributed by atoms with Gasteiger partial charge in [0.25, 0.3) is 0 Å². The maximum absolute atomic E-state index is 12.7. The van der Waals surface area contributed by atoms with Crippen LogP contribution in [0.4, 0.5) is 4.39 Å². The minimum absolute atomic E-state index is 0.148. The molecule has 0 amide bonds. The van der Waals surface area contributed by atoms with Crippen molar-refractivity contribution in [3.63, 3.8) is 0 Å². The molecule has 0 fully saturated rings. The highest BCUT2D eigenvalue weighted by molar-refractivity contribution is 5.31. The van der Waals surface area contributed by atoms with Crippen LogP contribution in [0.5, 0.6) is 0 Å². The van der Waals surface area contributed by atoms with Gasteiger partial charge in [0.1, 0.15) is 5.82 Å². The van der Waals surface area contributed by atoms with E-state index in [1.54, 1.807) is 29.2 Å². The van der Waals surface area contributed by atoms with Crippen molar-refractivity contribution >= 4 is 0 Å². The van der Waals surface area contributed by atoms with Crippen molar-refractivity contribution in [3.8, 4) is 5.69 Å². The predicted molar refractivity (Wildman–Crippen MR) is 57.5 cm³/mol. The third kappa shape index (κ3) is 2.10. The molecule has 4 nitrogen and oxygen atoms in total. The zero-order valence-corrected chi connectivity index (χ0v) is 8.55. The number of hydrogen-bond acceptors (Lipinski definition) is 3. The van der Waals surface area contributed by atoms with Crippen molar-refractivity contribution in [1.29, 1.82) is 0 Å². The first-order valence-electron chi connectivity index (χ1n) is 4.89. The van der Waals surface area contributed by atoms with Gasteiger partial charge in [0, 0.05) is 18.3 Å². The van der Waals surface area contributed by atoms with Gasteiger partial charge in [-0.1, -0.05) is 0 Å². The van der Waals surface area contributed by atoms with Crippen LogP contribution in [0.2, 0.25) is 0 Å². The molecule has 2 rings (SSSR count). The summed E-state index contributed by atoms with van der Waals surface area (Å²) >= 11 is 0. The number of nitrogens with two attached hydrogens (primary N) is 1. The van der Waals surface area contributed by atoms with Gasteiger partial charge >= 0.3 is 0 Å². The van der Waals surface area contributed by atoms with Crippen molar-refractivity contribution in [1.82, 2.24) is 9.78 Å². The van der Waals surface area contributed by atoms with Gasteiger partial charge in [0.15, 0.2) is 0 Å². The van der Waals surface area contributed by atoms with E-state index in [2.05, 4.69) is 5.10 Å². The molecule has 1 unspecified atom stereocenters. The predicted octanol–water partition coefficient (Wildman–Crippen LogP) is 1.00. The van der Waals surface area contributed by atoms with E-state index in [4.69, 9.17) is 5.73 Å². The molecule has 0 radical (unpaired) electrons. The van der Waals surface area contributed by atoms with Crippen molar-refractivity contribution in [3.05, 3.63) is 48.0 Å². The van der Waals surface area contributed by atoms with Gasteiger partial charge in [-0.2, -0.15) is 5.10 Å². The van der Waals surface area contributed by atoms with E-state index in [0.29, 0.717) is 5.56 Å². The number of rotatable bonds is 3. The number of hydrogen-bond donors (Lipinski definition) is 2. The quantitative estimate of drug-likeness (QED) is 0.812. The van der Waals surface area contributed by atoms with Gasteiger partial charge in [0.05, 0.1) is 18.0 Å². The molecule has 16 heavy (non-hydrogen) atoms. The summed E-state index contributed by atoms with van der Waals surface area (Å²) in [6.45, 7) is 0.148. The van der Waals surface area contributed by atoms with Crippen LogP contribution >= 0.6 is 0 Å². The monoisotopic (exact) mass is 221 g/mol. The van der Waals surface area contributed by atoms with Gasteiger partial charge in [-0.25, -0.2) is 9.07 Å². The van der Waals surface area contributed by atoms with Crippen LogP contribution in [0.15, 0.2) is 36.7 Å². The first-order chi connectivity index (χ1) is 7.70. The Bertz CT molecular complexity index is 466. The average molecular weight is 221 g/mol. The normalized spacial score (nSPS) is 12.7. The summed E-state index contributed by atoms with van der Waals surface area (Å²) in [7, 11) is 0. The number of nitrogens with zero attached hydrogens (tertiary/aromatic N) is 2. The summed E-state index contributed by atoms with van der Waals surface area (Å²) < 4.78 is 14.3. The second-order valence-corrected chi connectivity index (χ2v) is 3.45. The fourth-order valence-corrected chi connectivity index (χ4v) is 1.38. The summed E-state index contributed by atoms with van der Waals surface area (Å²) in [5.41, 5.74) is 6.71. The molecule has 5 heteroatoms. The molecule has 0 spiro atoms. The lowest BCUT2D eigenvalue weighted by Gasteiger charge is -2.03. The molecule has 0 saturated carbocycles. The summed E-state index contributed by atoms with van der Waals surface area (Å²) in [5, 5.41) is 13.6. The van der Waals surface area contributed by atoms with Crippen molar-refractivity contribution in [2.24, 2.45) is 5.73 Å². The molecular formula is C11H12FN3O. The van der Waals surface area contributed by atoms with Gasteiger partial charge in [-0.05, 0) is 24.3 Å². The van der Waals surface area contributed by atoms with Gasteiger partial charge in [-0.3, -0.25) is 0 Å². The average Bonchev–Trinajstić information content (AvgIpc) is 2.78. The van der Waals surface area contributed by atoms with Crippen LogP contribution in [0.1, 0.15) is 11.7 Å². The highest BCUT2D eigenvalue weighted by atomic mass is 19.1. The van der Waals surface area contributed by atoms with E-state index in [1.807, 2.05) is 0 Å². The Kier molecular flexibility index (Phi) is 2.98. The zero-order chi connectivity index (χ0) is 11.5. The molecule has 1 aromatic heterocycles. The first kappa shape index (κ1) is 10.8. The Hall–Kier alpha value is -1.72. The maximum atomic E-state index is 12.7. The van der Waals surface area contributed by atoms with Crippen LogP contribution in [-0.2, 0) is 0 Å². The number of halogens is 1. The summed E-state index contributed by atoms with van der Waals surface area (Å²) in [4.78, 5) is 0. The fourth-order valence-electron chi connectivity index (χ4n) is 1.38. The molecule has 0 aliphatic heterocycles. The van der Waals surface area contributed by atoms with E-state index >= 15 is 0 Å². The molecular weight excluding hydrogens is 209 g/mol. The summed E-state index contributed by atoms with van der Waals surface area (Å²) in [6, 6.07) is 5.94. The fraction of sp³-hybridized carbons (Fsp3) is 0.182. The van der Waals surface area contributed by atoms with Crippen LogP contribution in [0.25, 0.3) is 5.69 Å². The van der Waals surface area contributed by atoms with Crippen LogP contribution in [0.3, 0.4) is 0 Å². The second kappa shape index (κ2) is 4.42. The molecule has 1 aromatic carbocycles. The van der Waals surface area contributed by atoms with E-state index in [0.717, 1.165) is 5.69 Å². The third-order valence-corrected chi connectivity index (χ3v) is 2.30. The summed E-state index contributed by atoms with van der Waals surface area (Å²) in [6.07, 6.45) is 2.50. The van der Waals surface area contributed by atoms with Gasteiger partial charge in [0.2, 0.25) is 0 Å². The highest BCUT2D eigenvalue weighted by Gasteiger charge is 2.08. The third-order valence-electron chi connectivity index (χ3n) is 2.30. The largest absolute Gasteiger partial charge is 0.387 e. The smallest absolute Gasteiger partial charge is 0.123 e. The van der Waals surface area contributed by atoms with Gasteiger partial charge < -0.3 is 10.8 Å². The molecule has 0 aliphatic carbocycles. The SMILES string of the molecule is NCC(O)c1cnn(-c2ccc(F)cc2)c1. The van der Waals surface area contributed by atoms with Gasteiger partial charge in [-0.15, -0.1) is 0 Å². The molecule has 84 valence electrons. The Morgan fingerprint density at radius 1 is 1.38 bits per heavy atom. The Morgan fingerprint density at radius 2 is 2.06 bits per heavy atom. The Balaban J connectivity index is 2.28. The summed E-state index contributed by atoms with van der Waals surface area (Å²) in [5.74, 6) is -0.293. The van der Waals surface area contributed by atoms with Crippen LogP contribution in [-0.4, -0.2) is 21.4 Å². The van der Waals surface area contributed by atoms with E-state index < -0.39 is 6.10 Å². The van der Waals surface area contributed by atoms with Crippen LogP contribution < -0.4 is 5.73 Å². The van der Waals surface area contributed by atoms with Crippen LogP contribution in [0, 0.1) is 5.82 Å². The van der Waals surface area contributed by atoms with Crippen molar-refractivity contribution in [2.75, 3.05) is 6.54 Å². The van der Waals surface area contributed by atoms with E-state index in [-0.39, 0.29) is 12.4 Å². The molecule has 1 heterocycles. The number of benzene rings is 1. The molecule has 2 aromatic rings. The zero-order valence-electron chi connectivity index (χ0n) is 8.55. The standard InChI is InChI=1S/C11H12FN3O/c12-9-1-3-10(4-2-9)15-7-8(6-14-15)11(16)5-13/h1-4,6-7,11,16H,5,13H2. The lowest BCUT2D eigenvalue weighted by atomic mass is 10.2. The van der Waals surface area contributed by atoms with Crippen molar-refractivity contribution < 1.29 is 9.50 Å². The second-order valence-electron chi connectivity index (χ2n) is 3.45. The lowest BCUT2D eigenvalue weighted by Crippen LogP contribution is -2.10. The maximum Gasteiger partial charge on any atom is 0.123 e. The lowest BCUT2D eigenvalue weighted by molar-refractivity contribution is 0.186. The minimum Gasteiger partial charge on any atom is -0.387 e. The topological polar surface area (TPSA) is 64.1 Å². The molecule has 0 aliphatic rings. The van der Waals surface area contributed by atoms with Crippen molar-refractivity contribution in [2.45, 2.75) is 6.10 Å². The first-order valence-corrected chi connectivity index (χ1v) is 4.89. The number of aliphatic hydroxyl groups is 1. The minimum atomic E-state index is -0.714. The highest BCUT2D eigenvalue weighted by Crippen LogP contribution is 2.13. The van der Waals surface area contributed by atoms with E-state index in [9.17, 15) is 9.50 Å². The Morgan fingerprint density at radius 3 is 2.69 bits per heavy atom. The number of aliphatic hydroxyl groups excluding tert-OH is 1. The molecule has 0 saturated heterocycles. The van der Waals surface area contributed by atoms with E-state index in [1.165, 1.54) is 12.1 Å². The molecule has 0 bridgehead atoms. The Labute approximate surface area is 92.1 Å². The molecule has 3 N–H and O–H groups in total. The molecule has 1 atom stereocenters.